The number of aliphatic hydroxyl groups is 2. The van der Waals surface area contributed by atoms with E-state index in [1.165, 1.54) is 25.1 Å². The number of hydrogen-bond donors (Lipinski definition) is 6. The van der Waals surface area contributed by atoms with E-state index < -0.39 is 69.1 Å². The van der Waals surface area contributed by atoms with Gasteiger partial charge in [0.25, 0.3) is 5.91 Å². The van der Waals surface area contributed by atoms with Crippen LogP contribution in [0.5, 0.6) is 5.75 Å². The summed E-state index contributed by atoms with van der Waals surface area (Å²) in [5.74, 6) is 0.293. The van der Waals surface area contributed by atoms with Gasteiger partial charge in [-0.3, -0.25) is 19.3 Å². The van der Waals surface area contributed by atoms with Crippen LogP contribution in [-0.2, 0) is 20.8 Å². The highest BCUT2D eigenvalue weighted by molar-refractivity contribution is 6.25. The third-order valence-corrected chi connectivity index (χ3v) is 8.53. The molecule has 5 rings (SSSR count). The summed E-state index contributed by atoms with van der Waals surface area (Å²) < 4.78 is 0. The maximum atomic E-state index is 14.4. The molecular formula is C31H29N5O6. The molecule has 9 N–H and O–H groups in total. The molecule has 3 aliphatic carbocycles. The molecule has 2 aromatic rings. The number of primary amides is 1. The van der Waals surface area contributed by atoms with Crippen LogP contribution in [-0.4, -0.2) is 68.9 Å². The van der Waals surface area contributed by atoms with E-state index in [0.717, 1.165) is 11.1 Å². The molecule has 0 heterocycles. The van der Waals surface area contributed by atoms with Crippen molar-refractivity contribution in [3.8, 4) is 23.7 Å². The summed E-state index contributed by atoms with van der Waals surface area (Å²) in [4.78, 5) is 41.5. The molecule has 0 spiro atoms. The number of nitrogens with two attached hydrogens (primary N) is 3. The molecule has 42 heavy (non-hydrogen) atoms. The van der Waals surface area contributed by atoms with Gasteiger partial charge in [-0.2, -0.15) is 5.26 Å². The largest absolute Gasteiger partial charge is 0.509 e. The first-order valence-corrected chi connectivity index (χ1v) is 13.0. The van der Waals surface area contributed by atoms with Crippen molar-refractivity contribution < 1.29 is 29.7 Å². The fourth-order valence-electron chi connectivity index (χ4n) is 6.73. The fraction of sp³-hybridized carbons (Fsp3) is 0.290. The molecule has 214 valence electrons. The number of carbonyl (C=O) groups is 3. The third-order valence-electron chi connectivity index (χ3n) is 8.53. The van der Waals surface area contributed by atoms with Gasteiger partial charge in [-0.1, -0.05) is 29.5 Å². The summed E-state index contributed by atoms with van der Waals surface area (Å²) in [6, 6.07) is 10.6. The van der Waals surface area contributed by atoms with Crippen LogP contribution in [0.15, 0.2) is 53.3 Å². The van der Waals surface area contributed by atoms with E-state index in [1.54, 1.807) is 12.1 Å². The molecule has 11 heteroatoms. The van der Waals surface area contributed by atoms with Crippen LogP contribution >= 0.6 is 0 Å². The van der Waals surface area contributed by atoms with Crippen LogP contribution in [0.4, 0.5) is 0 Å². The van der Waals surface area contributed by atoms with Crippen molar-refractivity contribution in [2.75, 3.05) is 14.1 Å². The van der Waals surface area contributed by atoms with Crippen molar-refractivity contribution >= 4 is 23.2 Å². The number of nitrogens with zero attached hydrogens (tertiary/aromatic N) is 2. The Morgan fingerprint density at radius 2 is 1.69 bits per heavy atom. The smallest absolute Gasteiger partial charge is 0.255 e. The van der Waals surface area contributed by atoms with Crippen LogP contribution in [0.25, 0.3) is 5.76 Å². The summed E-state index contributed by atoms with van der Waals surface area (Å²) >= 11 is 0. The normalized spacial score (nSPS) is 28.4. The lowest BCUT2D eigenvalue weighted by atomic mass is 9.47. The molecule has 0 radical (unpaired) electrons. The minimum Gasteiger partial charge on any atom is -0.509 e. The molecule has 0 aromatic heterocycles. The molecule has 0 saturated heterocycles. The Kier molecular flexibility index (Phi) is 6.33. The number of aryl methyl sites for hydroxylation is 1. The van der Waals surface area contributed by atoms with Gasteiger partial charge >= 0.3 is 0 Å². The highest BCUT2D eigenvalue weighted by Crippen LogP contribution is 2.58. The van der Waals surface area contributed by atoms with Crippen molar-refractivity contribution in [3.63, 3.8) is 0 Å². The molecule has 0 aliphatic heterocycles. The number of carbonyl (C=O) groups excluding carboxylic acids is 3. The number of benzene rings is 2. The molecular weight excluding hydrogens is 538 g/mol. The van der Waals surface area contributed by atoms with E-state index in [9.17, 15) is 35.0 Å². The van der Waals surface area contributed by atoms with E-state index in [0.29, 0.717) is 11.1 Å². The molecule has 2 aromatic carbocycles. The van der Waals surface area contributed by atoms with Gasteiger partial charge in [-0.25, -0.2) is 0 Å². The zero-order valence-electron chi connectivity index (χ0n) is 23.1. The minimum atomic E-state index is -2.71. The van der Waals surface area contributed by atoms with Gasteiger partial charge < -0.3 is 32.5 Å². The number of hydrogen-bond acceptors (Lipinski definition) is 10. The Bertz CT molecular complexity index is 1770. The van der Waals surface area contributed by atoms with Crippen LogP contribution in [0.2, 0.25) is 0 Å². The van der Waals surface area contributed by atoms with Gasteiger partial charge in [0.2, 0.25) is 0 Å². The Morgan fingerprint density at radius 1 is 1.05 bits per heavy atom. The molecule has 0 bridgehead atoms. The van der Waals surface area contributed by atoms with Crippen LogP contribution in [0.1, 0.15) is 34.2 Å². The first kappa shape index (κ1) is 28.6. The number of amides is 1. The maximum Gasteiger partial charge on any atom is 0.255 e. The highest BCUT2D eigenvalue weighted by atomic mass is 16.3. The third kappa shape index (κ3) is 3.62. The standard InChI is InChI=1S/C31H29N5O6/c1-15-4-6-16(7-5-15)8-9-17-10-11-19(37)20-18(17)12-29(34)13-31(35)25(36(2)3)24(39)21(28(33)42)26(40)30(31,14-32)27(41)22(29)23(20)38/h4-7,10-11,25,37-38,40H,12-13,34-35H2,1-3H3,(H2,33,42)/t25-,29-,30+,31-/m1/s1. The molecule has 4 atom stereocenters. The zero-order valence-corrected chi connectivity index (χ0v) is 23.1. The summed E-state index contributed by atoms with van der Waals surface area (Å²) in [6.07, 6.45) is -0.620. The molecule has 11 nitrogen and oxygen atoms in total. The summed E-state index contributed by atoms with van der Waals surface area (Å²) in [7, 11) is 2.92. The second-order valence-electron chi connectivity index (χ2n) is 11.4. The van der Waals surface area contributed by atoms with E-state index in [4.69, 9.17) is 17.2 Å². The van der Waals surface area contributed by atoms with E-state index in [-0.39, 0.29) is 17.7 Å². The lowest BCUT2D eigenvalue weighted by molar-refractivity contribution is -0.139. The summed E-state index contributed by atoms with van der Waals surface area (Å²) in [5.41, 5.74) is 13.5. The average molecular weight is 568 g/mol. The van der Waals surface area contributed by atoms with Gasteiger partial charge in [0.05, 0.1) is 34.3 Å². The second-order valence-corrected chi connectivity index (χ2v) is 11.4. The molecule has 1 amide bonds. The van der Waals surface area contributed by atoms with Crippen molar-refractivity contribution in [3.05, 3.63) is 81.1 Å². The SMILES string of the molecule is Cc1ccc(C#Cc2ccc(O)c3c2C[C@@]2(N)C[C@@]4(N)[C@H](N(C)C)C(=O)C(C(N)=O)=C(O)[C@@]4(C#N)C(=O)C2=C3O)cc1. The van der Waals surface area contributed by atoms with Crippen molar-refractivity contribution in [1.29, 1.82) is 5.26 Å². The van der Waals surface area contributed by atoms with Gasteiger partial charge in [0.1, 0.15) is 22.8 Å². The Labute approximate surface area is 241 Å². The van der Waals surface area contributed by atoms with Gasteiger partial charge in [-0.05, 0) is 63.7 Å². The van der Waals surface area contributed by atoms with Crippen molar-refractivity contribution in [2.45, 2.75) is 36.9 Å². The molecule has 1 fully saturated rings. The molecule has 3 aliphatic rings. The number of Topliss-reactive ketones (excluding diaryl/α,β-unsaturated/α-hetero) is 2. The quantitative estimate of drug-likeness (QED) is 0.219. The predicted octanol–water partition coefficient (Wildman–Crippen LogP) is 0.614. The Morgan fingerprint density at radius 3 is 2.26 bits per heavy atom. The average Bonchev–Trinajstić information content (AvgIpc) is 2.88. The first-order chi connectivity index (χ1) is 19.6. The number of aromatic hydroxyl groups is 1. The van der Waals surface area contributed by atoms with Crippen molar-refractivity contribution in [1.82, 2.24) is 4.90 Å². The van der Waals surface area contributed by atoms with Crippen LogP contribution in [0.3, 0.4) is 0 Å². The van der Waals surface area contributed by atoms with Crippen molar-refractivity contribution in [2.24, 2.45) is 22.6 Å². The number of rotatable bonds is 2. The number of fused-ring (bicyclic) bond motifs is 3. The number of ketones is 2. The van der Waals surface area contributed by atoms with Crippen LogP contribution < -0.4 is 17.2 Å². The van der Waals surface area contributed by atoms with E-state index in [1.807, 2.05) is 31.2 Å². The number of likely N-dealkylation sites (N-methyl/N-ethyl adjacent to an activating group) is 1. The number of phenols is 1. The predicted molar refractivity (Wildman–Crippen MR) is 151 cm³/mol. The Hall–Kier alpha value is -4.94. The lowest BCUT2D eigenvalue weighted by Crippen LogP contribution is -2.80. The van der Waals surface area contributed by atoms with E-state index in [2.05, 4.69) is 11.8 Å². The fourth-order valence-corrected chi connectivity index (χ4v) is 6.73. The zero-order chi connectivity index (χ0) is 30.9. The summed E-state index contributed by atoms with van der Waals surface area (Å²) in [6.45, 7) is 1.95. The molecule has 1 saturated carbocycles. The molecule has 0 unspecified atom stereocenters. The number of phenolic OH excluding ortho intramolecular Hbond substituents is 1. The number of nitriles is 1. The minimum absolute atomic E-state index is 0.109. The van der Waals surface area contributed by atoms with E-state index >= 15 is 0 Å². The monoisotopic (exact) mass is 567 g/mol. The van der Waals surface area contributed by atoms with Crippen LogP contribution in [0, 0.1) is 35.5 Å². The Balaban J connectivity index is 1.79. The second kappa shape index (κ2) is 9.29. The first-order valence-electron chi connectivity index (χ1n) is 13.0. The number of aliphatic hydroxyl groups excluding tert-OH is 2. The summed E-state index contributed by atoms with van der Waals surface area (Å²) in [5, 5.41) is 44.1. The van der Waals surface area contributed by atoms with Gasteiger partial charge in [0.15, 0.2) is 17.0 Å². The lowest BCUT2D eigenvalue weighted by Gasteiger charge is -2.58. The topological polar surface area (TPSA) is 217 Å². The van der Waals surface area contributed by atoms with Gasteiger partial charge in [0, 0.05) is 11.1 Å². The maximum absolute atomic E-state index is 14.4. The highest BCUT2D eigenvalue weighted by Gasteiger charge is 2.74. The van der Waals surface area contributed by atoms with Gasteiger partial charge in [-0.15, -0.1) is 0 Å².